The molecule has 0 fully saturated rings. The minimum absolute atomic E-state index is 0.936. The fourth-order valence-corrected chi connectivity index (χ4v) is 2.26. The summed E-state index contributed by atoms with van der Waals surface area (Å²) >= 11 is 0. The maximum absolute atomic E-state index is 3.28. The van der Waals surface area contributed by atoms with Crippen molar-refractivity contribution in [1.82, 2.24) is 5.32 Å². The minimum atomic E-state index is 0.936. The zero-order valence-corrected chi connectivity index (χ0v) is 11.0. The summed E-state index contributed by atoms with van der Waals surface area (Å²) in [5.74, 6) is 0.936. The third kappa shape index (κ3) is 5.39. The second kappa shape index (κ2) is 8.43. The molecule has 0 spiro atoms. The lowest BCUT2D eigenvalue weighted by molar-refractivity contribution is 0.422. The molecule has 0 aromatic carbocycles. The van der Waals surface area contributed by atoms with Crippen LogP contribution in [0, 0.1) is 5.92 Å². The van der Waals surface area contributed by atoms with Crippen LogP contribution in [0.1, 0.15) is 58.8 Å². The molecule has 1 heterocycles. The highest BCUT2D eigenvalue weighted by Gasteiger charge is 2.06. The zero-order valence-electron chi connectivity index (χ0n) is 11.0. The van der Waals surface area contributed by atoms with Crippen molar-refractivity contribution in [3.63, 3.8) is 0 Å². The lowest BCUT2D eigenvalue weighted by Crippen LogP contribution is -2.03. The summed E-state index contributed by atoms with van der Waals surface area (Å²) in [7, 11) is 0. The Morgan fingerprint density at radius 2 is 2.19 bits per heavy atom. The van der Waals surface area contributed by atoms with Crippen LogP contribution in [0.5, 0.6) is 0 Å². The van der Waals surface area contributed by atoms with Crippen molar-refractivity contribution in [2.24, 2.45) is 5.92 Å². The summed E-state index contributed by atoms with van der Waals surface area (Å²) in [6.45, 7) is 5.71. The van der Waals surface area contributed by atoms with Crippen LogP contribution in [0.25, 0.3) is 0 Å². The Morgan fingerprint density at radius 1 is 1.31 bits per heavy atom. The SMILES string of the molecule is CCCCC(CC)CCC1=CCCNC=C1. The van der Waals surface area contributed by atoms with E-state index in [1.807, 2.05) is 0 Å². The number of hydrogen-bond acceptors (Lipinski definition) is 1. The molecule has 1 aliphatic heterocycles. The van der Waals surface area contributed by atoms with Gasteiger partial charge in [0.25, 0.3) is 0 Å². The lowest BCUT2D eigenvalue weighted by atomic mass is 9.92. The fourth-order valence-electron chi connectivity index (χ4n) is 2.26. The third-order valence-electron chi connectivity index (χ3n) is 3.49. The average molecular weight is 221 g/mol. The van der Waals surface area contributed by atoms with E-state index in [1.54, 1.807) is 0 Å². The van der Waals surface area contributed by atoms with Crippen molar-refractivity contribution in [1.29, 1.82) is 0 Å². The van der Waals surface area contributed by atoms with Crippen molar-refractivity contribution < 1.29 is 0 Å². The molecule has 1 heteroatoms. The van der Waals surface area contributed by atoms with Gasteiger partial charge < -0.3 is 5.32 Å². The Kier molecular flexibility index (Phi) is 7.03. The summed E-state index contributed by atoms with van der Waals surface area (Å²) in [6.07, 6.45) is 16.0. The number of unbranched alkanes of at least 4 members (excludes halogenated alkanes) is 1. The highest BCUT2D eigenvalue weighted by molar-refractivity contribution is 5.19. The van der Waals surface area contributed by atoms with Crippen LogP contribution in [0.2, 0.25) is 0 Å². The van der Waals surface area contributed by atoms with Crippen molar-refractivity contribution in [2.75, 3.05) is 6.54 Å². The second-order valence-corrected chi connectivity index (χ2v) is 4.81. The van der Waals surface area contributed by atoms with E-state index in [1.165, 1.54) is 50.5 Å². The molecule has 0 saturated carbocycles. The first kappa shape index (κ1) is 13.3. The van der Waals surface area contributed by atoms with Gasteiger partial charge in [-0.2, -0.15) is 0 Å². The summed E-state index contributed by atoms with van der Waals surface area (Å²) < 4.78 is 0. The molecule has 0 bridgehead atoms. The van der Waals surface area contributed by atoms with Gasteiger partial charge in [-0.3, -0.25) is 0 Å². The first-order valence-electron chi connectivity index (χ1n) is 6.95. The summed E-state index contributed by atoms with van der Waals surface area (Å²) in [5, 5.41) is 3.28. The third-order valence-corrected chi connectivity index (χ3v) is 3.49. The molecule has 1 aliphatic rings. The lowest BCUT2D eigenvalue weighted by Gasteiger charge is -2.14. The first-order valence-corrected chi connectivity index (χ1v) is 6.95. The van der Waals surface area contributed by atoms with E-state index >= 15 is 0 Å². The van der Waals surface area contributed by atoms with Gasteiger partial charge in [0, 0.05) is 6.54 Å². The Bertz CT molecular complexity index is 228. The molecule has 0 aromatic rings. The van der Waals surface area contributed by atoms with Gasteiger partial charge in [-0.25, -0.2) is 0 Å². The summed E-state index contributed by atoms with van der Waals surface area (Å²) in [4.78, 5) is 0. The molecular weight excluding hydrogens is 194 g/mol. The van der Waals surface area contributed by atoms with Crippen LogP contribution >= 0.6 is 0 Å². The molecular formula is C15H27N. The molecule has 0 aromatic heterocycles. The van der Waals surface area contributed by atoms with Crippen LogP contribution < -0.4 is 5.32 Å². The van der Waals surface area contributed by atoms with Gasteiger partial charge in [0.05, 0.1) is 0 Å². The average Bonchev–Trinajstić information content (AvgIpc) is 2.58. The van der Waals surface area contributed by atoms with Crippen molar-refractivity contribution in [3.05, 3.63) is 23.9 Å². The predicted octanol–water partition coefficient (Wildman–Crippen LogP) is 4.42. The van der Waals surface area contributed by atoms with E-state index in [9.17, 15) is 0 Å². The van der Waals surface area contributed by atoms with E-state index in [0.29, 0.717) is 0 Å². The van der Waals surface area contributed by atoms with Gasteiger partial charge >= 0.3 is 0 Å². The maximum atomic E-state index is 3.28. The van der Waals surface area contributed by atoms with E-state index in [4.69, 9.17) is 0 Å². The molecule has 92 valence electrons. The number of nitrogens with one attached hydrogen (secondary N) is 1. The Labute approximate surface area is 101 Å². The van der Waals surface area contributed by atoms with E-state index in [0.717, 1.165) is 12.5 Å². The summed E-state index contributed by atoms with van der Waals surface area (Å²) in [5.41, 5.74) is 1.53. The molecule has 1 N–H and O–H groups in total. The highest BCUT2D eigenvalue weighted by Crippen LogP contribution is 2.22. The van der Waals surface area contributed by atoms with Gasteiger partial charge in [-0.1, -0.05) is 51.2 Å². The van der Waals surface area contributed by atoms with Crippen molar-refractivity contribution in [2.45, 2.75) is 58.8 Å². The second-order valence-electron chi connectivity index (χ2n) is 4.81. The molecule has 16 heavy (non-hydrogen) atoms. The molecule has 1 unspecified atom stereocenters. The molecule has 0 amide bonds. The van der Waals surface area contributed by atoms with Crippen LogP contribution in [0.15, 0.2) is 23.9 Å². The largest absolute Gasteiger partial charge is 0.391 e. The van der Waals surface area contributed by atoms with Gasteiger partial charge in [0.15, 0.2) is 0 Å². The molecule has 0 saturated heterocycles. The highest BCUT2D eigenvalue weighted by atomic mass is 14.8. The number of hydrogen-bond donors (Lipinski definition) is 1. The topological polar surface area (TPSA) is 12.0 Å². The summed E-state index contributed by atoms with van der Waals surface area (Å²) in [6, 6.07) is 0. The van der Waals surface area contributed by atoms with Gasteiger partial charge in [-0.15, -0.1) is 0 Å². The van der Waals surface area contributed by atoms with Gasteiger partial charge in [0.2, 0.25) is 0 Å². The predicted molar refractivity (Wildman–Crippen MR) is 72.4 cm³/mol. The number of rotatable bonds is 7. The van der Waals surface area contributed by atoms with Crippen LogP contribution in [0.3, 0.4) is 0 Å². The normalized spacial score (nSPS) is 17.5. The smallest absolute Gasteiger partial charge is 0.0176 e. The Balaban J connectivity index is 2.27. The van der Waals surface area contributed by atoms with Crippen LogP contribution in [-0.4, -0.2) is 6.54 Å². The van der Waals surface area contributed by atoms with Gasteiger partial charge in [0.1, 0.15) is 0 Å². The monoisotopic (exact) mass is 221 g/mol. The molecule has 0 radical (unpaired) electrons. The standard InChI is InChI=1S/C15H27N/c1-3-5-7-14(4-2)9-10-15-8-6-12-16-13-11-15/h8,11,13-14,16H,3-7,9-10,12H2,1-2H3. The van der Waals surface area contributed by atoms with Crippen LogP contribution in [0.4, 0.5) is 0 Å². The molecule has 0 aliphatic carbocycles. The maximum Gasteiger partial charge on any atom is 0.0176 e. The fraction of sp³-hybridized carbons (Fsp3) is 0.733. The van der Waals surface area contributed by atoms with Crippen molar-refractivity contribution in [3.8, 4) is 0 Å². The minimum Gasteiger partial charge on any atom is -0.391 e. The first-order chi connectivity index (χ1) is 7.86. The van der Waals surface area contributed by atoms with E-state index in [-0.39, 0.29) is 0 Å². The Morgan fingerprint density at radius 3 is 2.94 bits per heavy atom. The molecule has 1 atom stereocenters. The van der Waals surface area contributed by atoms with E-state index < -0.39 is 0 Å². The Hall–Kier alpha value is -0.720. The quantitative estimate of drug-likeness (QED) is 0.671. The molecule has 1 nitrogen and oxygen atoms in total. The van der Waals surface area contributed by atoms with Crippen LogP contribution in [-0.2, 0) is 0 Å². The van der Waals surface area contributed by atoms with Gasteiger partial charge in [-0.05, 0) is 37.5 Å². The van der Waals surface area contributed by atoms with Crippen molar-refractivity contribution >= 4 is 0 Å². The van der Waals surface area contributed by atoms with E-state index in [2.05, 4.69) is 37.5 Å². The number of allylic oxidation sites excluding steroid dienone is 2. The molecule has 1 rings (SSSR count). The zero-order chi connectivity index (χ0) is 11.6.